The van der Waals surface area contributed by atoms with E-state index in [0.29, 0.717) is 28.8 Å². The van der Waals surface area contributed by atoms with E-state index in [-0.39, 0.29) is 29.3 Å². The fraction of sp³-hybridized carbons (Fsp3) is 0.419. The van der Waals surface area contributed by atoms with Crippen molar-refractivity contribution in [2.24, 2.45) is 5.92 Å². The van der Waals surface area contributed by atoms with Crippen LogP contribution in [0.4, 0.5) is 0 Å². The molecule has 8 nitrogen and oxygen atoms in total. The number of amides is 2. The lowest BCUT2D eigenvalue weighted by atomic mass is 9.98. The van der Waals surface area contributed by atoms with Crippen LogP contribution < -0.4 is 10.6 Å². The summed E-state index contributed by atoms with van der Waals surface area (Å²) in [7, 11) is 1.28. The second-order valence-electron chi connectivity index (χ2n) is 10.6. The summed E-state index contributed by atoms with van der Waals surface area (Å²) in [6.45, 7) is 8.77. The lowest BCUT2D eigenvalue weighted by molar-refractivity contribution is -0.134. The van der Waals surface area contributed by atoms with Crippen LogP contribution in [0.5, 0.6) is 0 Å². The Bertz CT molecular complexity index is 1320. The van der Waals surface area contributed by atoms with Crippen molar-refractivity contribution < 1.29 is 23.5 Å². The Morgan fingerprint density at radius 3 is 1.95 bits per heavy atom. The number of carbonyl (C=O) groups is 3. The third-order valence-electron chi connectivity index (χ3n) is 6.47. The first-order chi connectivity index (χ1) is 19.5. The zero-order valence-electron chi connectivity index (χ0n) is 24.5. The smallest absolute Gasteiger partial charge is 0.360 e. The van der Waals surface area contributed by atoms with Crippen molar-refractivity contribution in [3.05, 3.63) is 89.1 Å². The van der Waals surface area contributed by atoms with Gasteiger partial charge < -0.3 is 19.8 Å². The standard InChI is InChI=1S/C31H39N3O5S2/c1-21(2)26(35)33-30(4,19-40-17-23-13-9-7-10-14-23)28(37)34-31(5,20-41-18-24-15-11-8-12-16-24)29-32-25(22(3)39-29)27(36)38-6/h7-16,21H,17-20H2,1-6H3,(H,33,35)(H,34,37)/t30-,31-/m0/s1. The normalized spacial score (nSPS) is 14.1. The predicted octanol–water partition coefficient (Wildman–Crippen LogP) is 5.50. The van der Waals surface area contributed by atoms with Crippen LogP contribution in [-0.2, 0) is 31.4 Å². The van der Waals surface area contributed by atoms with Crippen molar-refractivity contribution in [2.75, 3.05) is 18.6 Å². The maximum Gasteiger partial charge on any atom is 0.360 e. The fourth-order valence-electron chi connectivity index (χ4n) is 3.93. The quantitative estimate of drug-likeness (QED) is 0.235. The number of esters is 1. The van der Waals surface area contributed by atoms with Gasteiger partial charge in [0.1, 0.15) is 16.8 Å². The van der Waals surface area contributed by atoms with E-state index in [1.165, 1.54) is 7.11 Å². The van der Waals surface area contributed by atoms with Crippen molar-refractivity contribution in [3.8, 4) is 0 Å². The van der Waals surface area contributed by atoms with Gasteiger partial charge in [-0.05, 0) is 31.9 Å². The molecule has 2 atom stereocenters. The van der Waals surface area contributed by atoms with Crippen LogP contribution in [0.3, 0.4) is 0 Å². The van der Waals surface area contributed by atoms with Crippen molar-refractivity contribution in [2.45, 2.75) is 57.2 Å². The zero-order chi connectivity index (χ0) is 30.0. The first kappa shape index (κ1) is 32.3. The van der Waals surface area contributed by atoms with E-state index in [4.69, 9.17) is 9.15 Å². The van der Waals surface area contributed by atoms with Crippen LogP contribution in [0.15, 0.2) is 65.1 Å². The minimum atomic E-state index is -1.22. The number of ether oxygens (including phenoxy) is 1. The molecular weight excluding hydrogens is 558 g/mol. The van der Waals surface area contributed by atoms with E-state index < -0.39 is 17.0 Å². The first-order valence-corrected chi connectivity index (χ1v) is 15.7. The minimum Gasteiger partial charge on any atom is -0.464 e. The SMILES string of the molecule is COC(=O)c1nc([C@](C)(CSCc2ccccc2)NC(=O)[C@](C)(CSCc2ccccc2)NC(=O)C(C)C)oc1C. The molecule has 0 radical (unpaired) electrons. The summed E-state index contributed by atoms with van der Waals surface area (Å²) >= 11 is 3.17. The number of benzene rings is 2. The number of oxazole rings is 1. The monoisotopic (exact) mass is 597 g/mol. The van der Waals surface area contributed by atoms with Gasteiger partial charge in [-0.15, -0.1) is 0 Å². The van der Waals surface area contributed by atoms with Crippen molar-refractivity contribution in [3.63, 3.8) is 0 Å². The first-order valence-electron chi connectivity index (χ1n) is 13.4. The molecule has 220 valence electrons. The van der Waals surface area contributed by atoms with Gasteiger partial charge in [0.15, 0.2) is 5.69 Å². The zero-order valence-corrected chi connectivity index (χ0v) is 26.1. The molecule has 0 saturated carbocycles. The van der Waals surface area contributed by atoms with E-state index in [2.05, 4.69) is 15.6 Å². The number of thioether (sulfide) groups is 2. The minimum absolute atomic E-state index is 0.0605. The van der Waals surface area contributed by atoms with Crippen molar-refractivity contribution >= 4 is 41.3 Å². The summed E-state index contributed by atoms with van der Waals surface area (Å²) < 4.78 is 10.8. The molecule has 0 unspecified atom stereocenters. The molecule has 1 heterocycles. The molecule has 0 aliphatic carbocycles. The Hall–Kier alpha value is -3.24. The number of rotatable bonds is 14. The summed E-state index contributed by atoms with van der Waals surface area (Å²) in [6, 6.07) is 20.0. The molecule has 0 aliphatic heterocycles. The molecule has 0 spiro atoms. The lowest BCUT2D eigenvalue weighted by Crippen LogP contribution is -2.63. The maximum atomic E-state index is 14.1. The highest BCUT2D eigenvalue weighted by molar-refractivity contribution is 7.98. The van der Waals surface area contributed by atoms with Gasteiger partial charge in [-0.1, -0.05) is 74.5 Å². The second kappa shape index (κ2) is 14.6. The van der Waals surface area contributed by atoms with E-state index in [0.717, 1.165) is 11.1 Å². The van der Waals surface area contributed by atoms with Gasteiger partial charge in [-0.3, -0.25) is 9.59 Å². The molecule has 0 fully saturated rings. The molecule has 0 saturated heterocycles. The van der Waals surface area contributed by atoms with E-state index >= 15 is 0 Å². The molecule has 2 N–H and O–H groups in total. The van der Waals surface area contributed by atoms with Gasteiger partial charge in [-0.25, -0.2) is 9.78 Å². The van der Waals surface area contributed by atoms with Gasteiger partial charge in [0.25, 0.3) is 0 Å². The molecule has 1 aromatic heterocycles. The molecule has 3 aromatic rings. The van der Waals surface area contributed by atoms with Crippen molar-refractivity contribution in [1.29, 1.82) is 0 Å². The molecule has 0 bridgehead atoms. The lowest BCUT2D eigenvalue weighted by Gasteiger charge is -2.35. The predicted molar refractivity (Wildman–Crippen MR) is 165 cm³/mol. The largest absolute Gasteiger partial charge is 0.464 e. The number of hydrogen-bond acceptors (Lipinski definition) is 8. The summed E-state index contributed by atoms with van der Waals surface area (Å²) in [5.74, 6) is 1.12. The Labute approximate surface area is 250 Å². The molecular formula is C31H39N3O5S2. The molecule has 3 rings (SSSR count). The average molecular weight is 598 g/mol. The van der Waals surface area contributed by atoms with E-state index in [1.54, 1.807) is 51.2 Å². The highest BCUT2D eigenvalue weighted by atomic mass is 32.2. The Morgan fingerprint density at radius 1 is 0.902 bits per heavy atom. The number of carbonyl (C=O) groups excluding carboxylic acids is 3. The number of hydrogen-bond donors (Lipinski definition) is 2. The van der Waals surface area contributed by atoms with Crippen molar-refractivity contribution in [1.82, 2.24) is 15.6 Å². The summed E-state index contributed by atoms with van der Waals surface area (Å²) in [4.78, 5) is 43.6. The van der Waals surface area contributed by atoms with Gasteiger partial charge in [0, 0.05) is 28.9 Å². The molecule has 2 amide bonds. The topological polar surface area (TPSA) is 111 Å². The third-order valence-corrected chi connectivity index (χ3v) is 9.10. The average Bonchev–Trinajstić information content (AvgIpc) is 3.36. The Morgan fingerprint density at radius 2 is 1.44 bits per heavy atom. The fourth-order valence-corrected chi connectivity index (χ4v) is 6.20. The Kier molecular flexibility index (Phi) is 11.5. The molecule has 2 aromatic carbocycles. The number of aromatic nitrogens is 1. The molecule has 41 heavy (non-hydrogen) atoms. The van der Waals surface area contributed by atoms with Gasteiger partial charge in [-0.2, -0.15) is 23.5 Å². The van der Waals surface area contributed by atoms with Crippen LogP contribution in [0.2, 0.25) is 0 Å². The van der Waals surface area contributed by atoms with Gasteiger partial charge in [0.05, 0.1) is 7.11 Å². The third kappa shape index (κ3) is 8.87. The Balaban J connectivity index is 1.88. The van der Waals surface area contributed by atoms with E-state index in [9.17, 15) is 14.4 Å². The molecule has 10 heteroatoms. The van der Waals surface area contributed by atoms with Crippen LogP contribution in [0.25, 0.3) is 0 Å². The highest BCUT2D eigenvalue weighted by Gasteiger charge is 2.42. The summed E-state index contributed by atoms with van der Waals surface area (Å²) in [5, 5.41) is 6.11. The summed E-state index contributed by atoms with van der Waals surface area (Å²) in [5.41, 5.74) is 0.00496. The van der Waals surface area contributed by atoms with Crippen LogP contribution >= 0.6 is 23.5 Å². The van der Waals surface area contributed by atoms with Crippen LogP contribution in [-0.4, -0.2) is 46.9 Å². The van der Waals surface area contributed by atoms with Crippen LogP contribution in [0, 0.1) is 12.8 Å². The second-order valence-corrected chi connectivity index (χ2v) is 12.6. The number of aryl methyl sites for hydroxylation is 1. The summed E-state index contributed by atoms with van der Waals surface area (Å²) in [6.07, 6.45) is 0. The highest BCUT2D eigenvalue weighted by Crippen LogP contribution is 2.30. The van der Waals surface area contributed by atoms with E-state index in [1.807, 2.05) is 67.6 Å². The van der Waals surface area contributed by atoms with Gasteiger partial charge in [0.2, 0.25) is 17.7 Å². The molecule has 0 aliphatic rings. The maximum absolute atomic E-state index is 14.1. The van der Waals surface area contributed by atoms with Crippen LogP contribution in [0.1, 0.15) is 61.0 Å². The number of methoxy groups -OCH3 is 1. The number of nitrogens with zero attached hydrogens (tertiary/aromatic N) is 1. The van der Waals surface area contributed by atoms with Gasteiger partial charge >= 0.3 is 5.97 Å². The number of nitrogens with one attached hydrogen (secondary N) is 2.